The molecule has 0 N–H and O–H groups in total. The number of rotatable bonds is 8. The second-order valence-corrected chi connectivity index (χ2v) is 15.2. The molecule has 0 saturated heterocycles. The number of nitrogens with zero attached hydrogens (tertiary/aromatic N) is 5. The van der Waals surface area contributed by atoms with Crippen molar-refractivity contribution in [2.24, 2.45) is 0 Å². The molecule has 0 atom stereocenters. The molecule has 0 spiro atoms. The number of fused-ring (bicyclic) bond motifs is 3. The maximum atomic E-state index is 5.37. The fourth-order valence-corrected chi connectivity index (χ4v) is 9.00. The fourth-order valence-electron chi connectivity index (χ4n) is 9.00. The Morgan fingerprint density at radius 3 is 1.26 bits per heavy atom. The Labute approximate surface area is 354 Å². The van der Waals surface area contributed by atoms with Gasteiger partial charge in [0, 0.05) is 40.2 Å². The summed E-state index contributed by atoms with van der Waals surface area (Å²) in [4.78, 5) is 25.4. The third kappa shape index (κ3) is 6.31. The topological polar surface area (TPSA) is 64.5 Å². The molecule has 0 unspecified atom stereocenters. The highest BCUT2D eigenvalue weighted by Gasteiger charge is 2.47. The summed E-state index contributed by atoms with van der Waals surface area (Å²) in [5, 5.41) is 0. The van der Waals surface area contributed by atoms with E-state index in [9.17, 15) is 0 Å². The van der Waals surface area contributed by atoms with Gasteiger partial charge in [-0.25, -0.2) is 15.0 Å². The quantitative estimate of drug-likeness (QED) is 0.154. The summed E-state index contributed by atoms with van der Waals surface area (Å²) in [5.41, 5.74) is 14.9. The van der Waals surface area contributed by atoms with Crippen molar-refractivity contribution < 1.29 is 0 Å². The predicted octanol–water partition coefficient (Wildman–Crippen LogP) is 13.0. The van der Waals surface area contributed by atoms with Crippen LogP contribution in [0.5, 0.6) is 0 Å². The van der Waals surface area contributed by atoms with E-state index in [1.54, 1.807) is 0 Å². The van der Waals surface area contributed by atoms with E-state index in [4.69, 9.17) is 24.9 Å². The van der Waals surface area contributed by atoms with Crippen LogP contribution in [0.1, 0.15) is 22.3 Å². The van der Waals surface area contributed by atoms with Crippen molar-refractivity contribution in [2.45, 2.75) is 5.41 Å². The van der Waals surface area contributed by atoms with Crippen molar-refractivity contribution in [3.63, 3.8) is 0 Å². The van der Waals surface area contributed by atoms with E-state index >= 15 is 0 Å². The molecule has 0 radical (unpaired) electrons. The molecule has 0 aliphatic heterocycles. The van der Waals surface area contributed by atoms with Crippen LogP contribution in [0, 0.1) is 0 Å². The normalized spacial score (nSPS) is 12.4. The minimum atomic E-state index is -0.667. The van der Waals surface area contributed by atoms with Gasteiger partial charge in [0.05, 0.1) is 16.8 Å². The van der Waals surface area contributed by atoms with E-state index in [0.29, 0.717) is 17.5 Å². The van der Waals surface area contributed by atoms with Crippen LogP contribution >= 0.6 is 0 Å². The average Bonchev–Trinajstić information content (AvgIpc) is 3.66. The first-order valence-corrected chi connectivity index (χ1v) is 20.5. The highest BCUT2D eigenvalue weighted by atomic mass is 15.0. The van der Waals surface area contributed by atoms with E-state index in [0.717, 1.165) is 67.0 Å². The van der Waals surface area contributed by atoms with Gasteiger partial charge in [-0.2, -0.15) is 0 Å². The van der Waals surface area contributed by atoms with E-state index in [2.05, 4.69) is 152 Å². The number of aromatic nitrogens is 5. The zero-order valence-electron chi connectivity index (χ0n) is 33.1. The van der Waals surface area contributed by atoms with Gasteiger partial charge in [0.15, 0.2) is 17.5 Å². The zero-order chi connectivity index (χ0) is 40.6. The van der Waals surface area contributed by atoms with Crippen LogP contribution in [0.15, 0.2) is 225 Å². The van der Waals surface area contributed by atoms with Crippen molar-refractivity contribution in [1.82, 2.24) is 24.9 Å². The van der Waals surface area contributed by atoms with Gasteiger partial charge in [-0.15, -0.1) is 0 Å². The third-order valence-corrected chi connectivity index (χ3v) is 11.7. The van der Waals surface area contributed by atoms with Gasteiger partial charge in [-0.05, 0) is 99.1 Å². The van der Waals surface area contributed by atoms with Crippen molar-refractivity contribution in [1.29, 1.82) is 0 Å². The summed E-state index contributed by atoms with van der Waals surface area (Å²) in [7, 11) is 0. The van der Waals surface area contributed by atoms with Crippen LogP contribution in [-0.2, 0) is 5.41 Å². The number of benzene rings is 7. The number of pyridine rings is 2. The first kappa shape index (κ1) is 36.0. The van der Waals surface area contributed by atoms with Crippen molar-refractivity contribution in [2.75, 3.05) is 0 Å². The Balaban J connectivity index is 1.28. The average molecular weight is 780 g/mol. The highest BCUT2D eigenvalue weighted by Crippen LogP contribution is 2.59. The Bertz CT molecular complexity index is 3000. The highest BCUT2D eigenvalue weighted by molar-refractivity contribution is 5.97. The Morgan fingerprint density at radius 2 is 0.738 bits per heavy atom. The van der Waals surface area contributed by atoms with Gasteiger partial charge in [0.1, 0.15) is 0 Å². The summed E-state index contributed by atoms with van der Waals surface area (Å²) in [6.07, 6.45) is 3.69. The van der Waals surface area contributed by atoms with Gasteiger partial charge in [0.25, 0.3) is 0 Å². The first-order chi connectivity index (χ1) is 30.2. The maximum absolute atomic E-state index is 5.37. The molecule has 5 nitrogen and oxygen atoms in total. The van der Waals surface area contributed by atoms with Gasteiger partial charge >= 0.3 is 0 Å². The van der Waals surface area contributed by atoms with Crippen LogP contribution in [-0.4, -0.2) is 24.9 Å². The first-order valence-electron chi connectivity index (χ1n) is 20.5. The molecule has 3 heterocycles. The van der Waals surface area contributed by atoms with Gasteiger partial charge in [0.2, 0.25) is 0 Å². The molecule has 0 bridgehead atoms. The van der Waals surface area contributed by atoms with Crippen LogP contribution < -0.4 is 0 Å². The summed E-state index contributed by atoms with van der Waals surface area (Å²) < 4.78 is 0. The number of hydrogen-bond donors (Lipinski definition) is 0. The molecule has 11 rings (SSSR count). The molecule has 5 heteroatoms. The molecule has 0 amide bonds. The standard InChI is InChI=1S/C56H37N5/c1-5-19-38(20-6-1)53-59-54(39-21-7-2-8-22-39)61-55(60-53)47-36-41(40-33-42(50-29-15-17-31-57-50)35-43(34-40)51-30-16-18-32-58-51)37-49-52(47)46-27-13-14-28-48(46)56(49,44-23-9-3-10-24-44)45-25-11-4-12-26-45/h1-37H. The minimum Gasteiger partial charge on any atom is -0.256 e. The van der Waals surface area contributed by atoms with Crippen LogP contribution in [0.3, 0.4) is 0 Å². The van der Waals surface area contributed by atoms with Crippen molar-refractivity contribution in [3.8, 4) is 78.9 Å². The predicted molar refractivity (Wildman–Crippen MR) is 245 cm³/mol. The molecule has 3 aromatic heterocycles. The third-order valence-electron chi connectivity index (χ3n) is 11.7. The lowest BCUT2D eigenvalue weighted by Crippen LogP contribution is -2.28. The molecule has 286 valence electrons. The molecule has 1 aliphatic carbocycles. The largest absolute Gasteiger partial charge is 0.256 e. The zero-order valence-corrected chi connectivity index (χ0v) is 33.1. The molecule has 0 saturated carbocycles. The van der Waals surface area contributed by atoms with Crippen LogP contribution in [0.25, 0.3) is 78.9 Å². The Kier molecular flexibility index (Phi) is 8.98. The molecule has 10 aromatic rings. The summed E-state index contributed by atoms with van der Waals surface area (Å²) in [5.74, 6) is 1.83. The van der Waals surface area contributed by atoms with Crippen molar-refractivity contribution in [3.05, 3.63) is 247 Å². The van der Waals surface area contributed by atoms with Gasteiger partial charge in [-0.1, -0.05) is 158 Å². The fraction of sp³-hybridized carbons (Fsp3) is 0.0179. The van der Waals surface area contributed by atoms with Crippen LogP contribution in [0.2, 0.25) is 0 Å². The lowest BCUT2D eigenvalue weighted by molar-refractivity contribution is 0.769. The van der Waals surface area contributed by atoms with Crippen LogP contribution in [0.4, 0.5) is 0 Å². The molecule has 7 aromatic carbocycles. The molecule has 1 aliphatic rings. The lowest BCUT2D eigenvalue weighted by Gasteiger charge is -2.34. The maximum Gasteiger partial charge on any atom is 0.164 e. The lowest BCUT2D eigenvalue weighted by atomic mass is 9.67. The SMILES string of the molecule is c1ccc(-c2nc(-c3ccccc3)nc(-c3cc(-c4cc(-c5ccccn5)cc(-c5ccccn5)c4)cc4c3-c3ccccc3C4(c3ccccc3)c3ccccc3)n2)cc1. The molecule has 61 heavy (non-hydrogen) atoms. The minimum absolute atomic E-state index is 0.600. The summed E-state index contributed by atoms with van der Waals surface area (Å²) in [6.45, 7) is 0. The molecule has 0 fully saturated rings. The van der Waals surface area contributed by atoms with Crippen molar-refractivity contribution >= 4 is 0 Å². The Hall–Kier alpha value is -8.15. The number of hydrogen-bond acceptors (Lipinski definition) is 5. The second kappa shape index (κ2) is 15.2. The second-order valence-electron chi connectivity index (χ2n) is 15.2. The smallest absolute Gasteiger partial charge is 0.164 e. The van der Waals surface area contributed by atoms with Gasteiger partial charge in [-0.3, -0.25) is 9.97 Å². The van der Waals surface area contributed by atoms with E-state index in [1.807, 2.05) is 73.1 Å². The molecular formula is C56H37N5. The van der Waals surface area contributed by atoms with E-state index < -0.39 is 5.41 Å². The summed E-state index contributed by atoms with van der Waals surface area (Å²) >= 11 is 0. The molecular weight excluding hydrogens is 743 g/mol. The summed E-state index contributed by atoms with van der Waals surface area (Å²) in [6, 6.07) is 74.4. The van der Waals surface area contributed by atoms with Gasteiger partial charge < -0.3 is 0 Å². The Morgan fingerprint density at radius 1 is 0.295 bits per heavy atom. The monoisotopic (exact) mass is 779 g/mol. The van der Waals surface area contributed by atoms with E-state index in [1.165, 1.54) is 16.7 Å². The van der Waals surface area contributed by atoms with E-state index in [-0.39, 0.29) is 0 Å².